The van der Waals surface area contributed by atoms with Crippen LogP contribution in [-0.4, -0.2) is 27.4 Å². The van der Waals surface area contributed by atoms with Crippen molar-refractivity contribution < 1.29 is 9.59 Å². The van der Waals surface area contributed by atoms with Gasteiger partial charge >= 0.3 is 0 Å². The molecule has 1 amide bonds. The number of anilines is 5. The van der Waals surface area contributed by atoms with Gasteiger partial charge in [-0.1, -0.05) is 13.0 Å². The lowest BCUT2D eigenvalue weighted by atomic mass is 9.90. The number of fused-ring (bicyclic) bond motifs is 2. The Kier molecular flexibility index (Phi) is 6.49. The largest absolute Gasteiger partial charge is 0.340 e. The van der Waals surface area contributed by atoms with Gasteiger partial charge in [0.2, 0.25) is 11.9 Å². The van der Waals surface area contributed by atoms with Gasteiger partial charge in [0.25, 0.3) is 0 Å². The van der Waals surface area contributed by atoms with Crippen LogP contribution in [0, 0.1) is 0 Å². The second-order valence-corrected chi connectivity index (χ2v) is 9.61. The number of nitrogens with zero attached hydrogens (tertiary/aromatic N) is 2. The van der Waals surface area contributed by atoms with E-state index in [1.165, 1.54) is 0 Å². The van der Waals surface area contributed by atoms with Crippen molar-refractivity contribution in [3.05, 3.63) is 64.8 Å². The Morgan fingerprint density at radius 3 is 2.74 bits per heavy atom. The molecule has 0 unspecified atom stereocenters. The van der Waals surface area contributed by atoms with Gasteiger partial charge < -0.3 is 16.0 Å². The van der Waals surface area contributed by atoms with E-state index >= 15 is 0 Å². The van der Waals surface area contributed by atoms with Crippen molar-refractivity contribution in [2.75, 3.05) is 21.7 Å². The lowest BCUT2D eigenvalue weighted by Crippen LogP contribution is -2.14. The average Bonchev–Trinajstić information content (AvgIpc) is 2.84. The maximum Gasteiger partial charge on any atom is 0.229 e. The van der Waals surface area contributed by atoms with Gasteiger partial charge in [0.15, 0.2) is 5.78 Å². The molecule has 0 radical (unpaired) electrons. The molecule has 2 aromatic carbocycles. The maximum atomic E-state index is 12.2. The molecular formula is C26H27N5O2S. The van der Waals surface area contributed by atoms with E-state index in [0.717, 1.165) is 76.0 Å². The average molecular weight is 474 g/mol. The highest BCUT2D eigenvalue weighted by Crippen LogP contribution is 2.33. The lowest BCUT2D eigenvalue weighted by molar-refractivity contribution is -0.115. The summed E-state index contributed by atoms with van der Waals surface area (Å²) in [6.45, 7) is 1.83. The van der Waals surface area contributed by atoms with Crippen molar-refractivity contribution in [1.29, 1.82) is 0 Å². The zero-order chi connectivity index (χ0) is 23.5. The zero-order valence-corrected chi connectivity index (χ0v) is 19.9. The molecule has 0 saturated carbocycles. The Morgan fingerprint density at radius 2 is 1.85 bits per heavy atom. The van der Waals surface area contributed by atoms with Crippen LogP contribution in [0.5, 0.6) is 0 Å². The normalized spacial score (nSPS) is 14.7. The number of carbonyl (C=O) groups excluding carboxylic acids is 2. The molecule has 5 rings (SSSR count). The fourth-order valence-corrected chi connectivity index (χ4v) is 5.29. The van der Waals surface area contributed by atoms with Gasteiger partial charge in [-0.3, -0.25) is 9.59 Å². The molecule has 0 spiro atoms. The summed E-state index contributed by atoms with van der Waals surface area (Å²) in [4.78, 5) is 33.6. The fourth-order valence-electron chi connectivity index (χ4n) is 4.31. The highest BCUT2D eigenvalue weighted by atomic mass is 32.2. The molecule has 1 aliphatic heterocycles. The van der Waals surface area contributed by atoms with E-state index in [2.05, 4.69) is 16.0 Å². The summed E-state index contributed by atoms with van der Waals surface area (Å²) < 4.78 is 0. The lowest BCUT2D eigenvalue weighted by Gasteiger charge is -2.21. The molecule has 1 aromatic heterocycles. The first-order valence-electron chi connectivity index (χ1n) is 11.7. The van der Waals surface area contributed by atoms with Crippen LogP contribution in [0.25, 0.3) is 0 Å². The number of carbonyl (C=O) groups is 2. The number of rotatable bonds is 6. The molecule has 0 atom stereocenters. The second-order valence-electron chi connectivity index (χ2n) is 8.50. The van der Waals surface area contributed by atoms with Crippen molar-refractivity contribution in [3.8, 4) is 0 Å². The number of hydrogen-bond acceptors (Lipinski definition) is 7. The first kappa shape index (κ1) is 22.4. The number of aromatic nitrogens is 2. The van der Waals surface area contributed by atoms with E-state index in [-0.39, 0.29) is 11.7 Å². The third-order valence-corrected chi connectivity index (χ3v) is 7.05. The predicted molar refractivity (Wildman–Crippen MR) is 138 cm³/mol. The monoisotopic (exact) mass is 473 g/mol. The molecule has 0 saturated heterocycles. The number of amides is 1. The van der Waals surface area contributed by atoms with Gasteiger partial charge in [-0.25, -0.2) is 4.98 Å². The molecular weight excluding hydrogens is 446 g/mol. The summed E-state index contributed by atoms with van der Waals surface area (Å²) in [5.41, 5.74) is 6.55. The fraction of sp³-hybridized carbons (Fsp3) is 0.308. The summed E-state index contributed by atoms with van der Waals surface area (Å²) in [5, 5.41) is 9.70. The van der Waals surface area contributed by atoms with E-state index in [1.807, 2.05) is 61.2 Å². The number of hydrogen-bond donors (Lipinski definition) is 3. The standard InChI is InChI=1S/C26H27N5O2S/c1-2-24(33)27-17-6-4-7-18(14-17)28-25-21-15-34-12-11-22(21)30-26(31-25)29-19-9-10-20-16(13-19)5-3-8-23(20)32/h4,6-7,9-10,13-14H,2-3,5,8,11-12,15H2,1H3,(H,27,33)(H2,28,29,30,31). The van der Waals surface area contributed by atoms with Crippen molar-refractivity contribution in [1.82, 2.24) is 9.97 Å². The molecule has 2 aliphatic rings. The highest BCUT2D eigenvalue weighted by Gasteiger charge is 2.20. The van der Waals surface area contributed by atoms with Crippen molar-refractivity contribution in [2.45, 2.75) is 44.8 Å². The molecule has 0 bridgehead atoms. The summed E-state index contributed by atoms with van der Waals surface area (Å²) in [5.74, 6) is 3.39. The topological polar surface area (TPSA) is 96.0 Å². The molecule has 2 heterocycles. The number of benzene rings is 2. The molecule has 1 aliphatic carbocycles. The number of Topliss-reactive ketones (excluding diaryl/α,β-unsaturated/α-hetero) is 1. The van der Waals surface area contributed by atoms with E-state index in [9.17, 15) is 9.59 Å². The Balaban J connectivity index is 1.43. The Hall–Kier alpha value is -3.39. The molecule has 8 heteroatoms. The molecule has 34 heavy (non-hydrogen) atoms. The minimum Gasteiger partial charge on any atom is -0.340 e. The highest BCUT2D eigenvalue weighted by molar-refractivity contribution is 7.98. The number of ketones is 1. The molecule has 7 nitrogen and oxygen atoms in total. The van der Waals surface area contributed by atoms with Gasteiger partial charge in [0.1, 0.15) is 5.82 Å². The van der Waals surface area contributed by atoms with Gasteiger partial charge in [0, 0.05) is 46.8 Å². The first-order chi connectivity index (χ1) is 16.6. The maximum absolute atomic E-state index is 12.2. The first-order valence-corrected chi connectivity index (χ1v) is 12.8. The Bertz CT molecular complexity index is 1260. The molecule has 0 fully saturated rings. The van der Waals surface area contributed by atoms with Crippen molar-refractivity contribution >= 4 is 52.3 Å². The molecule has 3 N–H and O–H groups in total. The minimum atomic E-state index is -0.0220. The van der Waals surface area contributed by atoms with Gasteiger partial charge in [0.05, 0.1) is 5.69 Å². The van der Waals surface area contributed by atoms with Crippen LogP contribution < -0.4 is 16.0 Å². The van der Waals surface area contributed by atoms with E-state index < -0.39 is 0 Å². The summed E-state index contributed by atoms with van der Waals surface area (Å²) >= 11 is 1.87. The summed E-state index contributed by atoms with van der Waals surface area (Å²) in [6.07, 6.45) is 3.76. The third-order valence-electron chi connectivity index (χ3n) is 6.06. The Labute approximate surface area is 203 Å². The molecule has 174 valence electrons. The van der Waals surface area contributed by atoms with Crippen LogP contribution in [-0.2, 0) is 23.4 Å². The second kappa shape index (κ2) is 9.85. The zero-order valence-electron chi connectivity index (χ0n) is 19.1. The number of thioether (sulfide) groups is 1. The number of nitrogens with one attached hydrogen (secondary N) is 3. The van der Waals surface area contributed by atoms with Gasteiger partial charge in [-0.2, -0.15) is 16.7 Å². The van der Waals surface area contributed by atoms with Crippen LogP contribution in [0.3, 0.4) is 0 Å². The third kappa shape index (κ3) is 4.92. The molecule has 3 aromatic rings. The van der Waals surface area contributed by atoms with Crippen LogP contribution in [0.15, 0.2) is 42.5 Å². The van der Waals surface area contributed by atoms with Crippen LogP contribution in [0.1, 0.15) is 53.4 Å². The van der Waals surface area contributed by atoms with E-state index in [1.54, 1.807) is 0 Å². The van der Waals surface area contributed by atoms with Crippen LogP contribution in [0.4, 0.5) is 28.8 Å². The number of aryl methyl sites for hydroxylation is 2. The van der Waals surface area contributed by atoms with Crippen molar-refractivity contribution in [2.24, 2.45) is 0 Å². The minimum absolute atomic E-state index is 0.0220. The Morgan fingerprint density at radius 1 is 1.00 bits per heavy atom. The van der Waals surface area contributed by atoms with Gasteiger partial charge in [-0.05, 0) is 67.0 Å². The predicted octanol–water partition coefficient (Wildman–Crippen LogP) is 5.62. The quantitative estimate of drug-likeness (QED) is 0.427. The van der Waals surface area contributed by atoms with E-state index in [4.69, 9.17) is 9.97 Å². The SMILES string of the molecule is CCC(=O)Nc1cccc(Nc2nc(Nc3ccc4c(c3)CCCC4=O)nc3c2CSCC3)c1. The smallest absolute Gasteiger partial charge is 0.229 e. The van der Waals surface area contributed by atoms with Gasteiger partial charge in [-0.15, -0.1) is 0 Å². The van der Waals surface area contributed by atoms with Crippen LogP contribution in [0.2, 0.25) is 0 Å². The van der Waals surface area contributed by atoms with E-state index in [0.29, 0.717) is 18.8 Å². The van der Waals surface area contributed by atoms with Crippen molar-refractivity contribution in [3.63, 3.8) is 0 Å². The van der Waals surface area contributed by atoms with Crippen LogP contribution >= 0.6 is 11.8 Å². The summed E-state index contributed by atoms with van der Waals surface area (Å²) in [7, 11) is 0. The summed E-state index contributed by atoms with van der Waals surface area (Å²) in [6, 6.07) is 13.5.